The van der Waals surface area contributed by atoms with Crippen molar-refractivity contribution in [2.75, 3.05) is 0 Å². The number of hydrogen-bond acceptors (Lipinski definition) is 4. The predicted molar refractivity (Wildman–Crippen MR) is 123 cm³/mol. The van der Waals surface area contributed by atoms with Crippen LogP contribution < -0.4 is 0 Å². The molecule has 4 aliphatic carbocycles. The average Bonchev–Trinajstić information content (AvgIpc) is 2.98. The lowest BCUT2D eigenvalue weighted by atomic mass is 9.43. The Morgan fingerprint density at radius 1 is 0.806 bits per heavy atom. The molecule has 0 radical (unpaired) electrons. The summed E-state index contributed by atoms with van der Waals surface area (Å²) in [5, 5.41) is 43.1. The van der Waals surface area contributed by atoms with Crippen molar-refractivity contribution in [3.8, 4) is 0 Å². The van der Waals surface area contributed by atoms with Gasteiger partial charge in [-0.15, -0.1) is 0 Å². The molecule has 4 N–H and O–H groups in total. The highest BCUT2D eigenvalue weighted by atomic mass is 16.3. The van der Waals surface area contributed by atoms with Gasteiger partial charge in [0.05, 0.1) is 24.4 Å². The van der Waals surface area contributed by atoms with E-state index in [1.54, 1.807) is 0 Å². The molecule has 0 aromatic heterocycles. The molecule has 4 fully saturated rings. The minimum atomic E-state index is -0.353. The van der Waals surface area contributed by atoms with Crippen LogP contribution in [0.15, 0.2) is 0 Å². The molecule has 180 valence electrons. The zero-order valence-electron chi connectivity index (χ0n) is 20.5. The van der Waals surface area contributed by atoms with Crippen LogP contribution in [0.3, 0.4) is 0 Å². The SMILES string of the molecule is CC(C)[C@@H](O)CC[C@@H](C)[C@H]1C[C@H](O)[C@H]2[C@@H]3C[C@@H](O)[C@H]4C[C@@H](O)CC[C@]4(C)[C@H]3CC[C@@]21C. The largest absolute Gasteiger partial charge is 0.393 e. The molecule has 4 aliphatic rings. The van der Waals surface area contributed by atoms with Crippen LogP contribution in [-0.2, 0) is 0 Å². The van der Waals surface area contributed by atoms with Crippen LogP contribution in [0.2, 0.25) is 0 Å². The molecule has 0 aromatic rings. The molecule has 0 aromatic carbocycles. The van der Waals surface area contributed by atoms with Crippen LogP contribution in [-0.4, -0.2) is 44.8 Å². The van der Waals surface area contributed by atoms with Gasteiger partial charge in [-0.05, 0) is 110 Å². The topological polar surface area (TPSA) is 80.9 Å². The van der Waals surface area contributed by atoms with Crippen molar-refractivity contribution in [3.63, 3.8) is 0 Å². The van der Waals surface area contributed by atoms with Gasteiger partial charge in [-0.1, -0.05) is 34.6 Å². The molecule has 0 unspecified atom stereocenters. The van der Waals surface area contributed by atoms with Gasteiger partial charge in [-0.2, -0.15) is 0 Å². The Morgan fingerprint density at radius 3 is 2.16 bits per heavy atom. The quantitative estimate of drug-likeness (QED) is 0.515. The summed E-state index contributed by atoms with van der Waals surface area (Å²) < 4.78 is 0. The summed E-state index contributed by atoms with van der Waals surface area (Å²) in [7, 11) is 0. The van der Waals surface area contributed by atoms with E-state index in [2.05, 4.69) is 34.6 Å². The molecule has 0 aliphatic heterocycles. The van der Waals surface area contributed by atoms with Crippen LogP contribution >= 0.6 is 0 Å². The molecule has 0 spiro atoms. The van der Waals surface area contributed by atoms with Crippen molar-refractivity contribution in [1.29, 1.82) is 0 Å². The number of fused-ring (bicyclic) bond motifs is 5. The second kappa shape index (κ2) is 8.56. The van der Waals surface area contributed by atoms with Gasteiger partial charge in [0.25, 0.3) is 0 Å². The van der Waals surface area contributed by atoms with E-state index in [-0.39, 0.29) is 47.1 Å². The molecular formula is C27H48O4. The fourth-order valence-corrected chi connectivity index (χ4v) is 9.24. The Kier molecular flexibility index (Phi) is 6.62. The van der Waals surface area contributed by atoms with E-state index < -0.39 is 0 Å². The third kappa shape index (κ3) is 3.92. The van der Waals surface area contributed by atoms with E-state index in [1.807, 2.05) is 0 Å². The number of aliphatic hydroxyl groups is 4. The lowest BCUT2D eigenvalue weighted by Crippen LogP contribution is -2.59. The fourth-order valence-electron chi connectivity index (χ4n) is 9.24. The summed E-state index contributed by atoms with van der Waals surface area (Å²) in [4.78, 5) is 0. The first kappa shape index (κ1) is 24.0. The predicted octanol–water partition coefficient (Wildman–Crippen LogP) is 4.38. The van der Waals surface area contributed by atoms with Gasteiger partial charge in [0.1, 0.15) is 0 Å². The van der Waals surface area contributed by atoms with E-state index in [0.29, 0.717) is 29.6 Å². The highest BCUT2D eigenvalue weighted by Crippen LogP contribution is 2.68. The van der Waals surface area contributed by atoms with Gasteiger partial charge in [0.15, 0.2) is 0 Å². The molecule has 4 nitrogen and oxygen atoms in total. The van der Waals surface area contributed by atoms with Crippen molar-refractivity contribution in [2.45, 2.75) is 117 Å². The maximum atomic E-state index is 11.4. The van der Waals surface area contributed by atoms with Crippen molar-refractivity contribution in [3.05, 3.63) is 0 Å². The third-order valence-electron chi connectivity index (χ3n) is 11.1. The Balaban J connectivity index is 1.54. The maximum absolute atomic E-state index is 11.4. The summed E-state index contributed by atoms with van der Waals surface area (Å²) in [5.74, 6) is 2.70. The van der Waals surface area contributed by atoms with Gasteiger partial charge < -0.3 is 20.4 Å². The molecule has 4 saturated carbocycles. The van der Waals surface area contributed by atoms with E-state index in [1.165, 1.54) is 12.8 Å². The smallest absolute Gasteiger partial charge is 0.0579 e. The summed E-state index contributed by atoms with van der Waals surface area (Å²) in [6, 6.07) is 0. The molecule has 0 heterocycles. The normalized spacial score (nSPS) is 51.7. The van der Waals surface area contributed by atoms with Crippen LogP contribution in [0.4, 0.5) is 0 Å². The van der Waals surface area contributed by atoms with E-state index in [0.717, 1.165) is 44.9 Å². The third-order valence-corrected chi connectivity index (χ3v) is 11.1. The zero-order valence-corrected chi connectivity index (χ0v) is 20.5. The fraction of sp³-hybridized carbons (Fsp3) is 1.00. The van der Waals surface area contributed by atoms with Gasteiger partial charge in [-0.25, -0.2) is 0 Å². The van der Waals surface area contributed by atoms with Gasteiger partial charge in [0, 0.05) is 0 Å². The highest BCUT2D eigenvalue weighted by Gasteiger charge is 2.64. The Bertz CT molecular complexity index is 637. The minimum Gasteiger partial charge on any atom is -0.393 e. The van der Waals surface area contributed by atoms with Gasteiger partial charge in [-0.3, -0.25) is 0 Å². The lowest BCUT2D eigenvalue weighted by Gasteiger charge is -2.62. The molecule has 31 heavy (non-hydrogen) atoms. The molecule has 4 heteroatoms. The Morgan fingerprint density at radius 2 is 1.48 bits per heavy atom. The van der Waals surface area contributed by atoms with Crippen LogP contribution in [0, 0.1) is 52.3 Å². The van der Waals surface area contributed by atoms with E-state index in [4.69, 9.17) is 0 Å². The highest BCUT2D eigenvalue weighted by molar-refractivity contribution is 5.13. The second-order valence-electron chi connectivity index (χ2n) is 13.0. The van der Waals surface area contributed by atoms with Crippen LogP contribution in [0.5, 0.6) is 0 Å². The number of hydrogen-bond donors (Lipinski definition) is 4. The first-order valence-electron chi connectivity index (χ1n) is 13.2. The summed E-state index contributed by atoms with van der Waals surface area (Å²) >= 11 is 0. The minimum absolute atomic E-state index is 0.0910. The first-order chi connectivity index (χ1) is 14.5. The second-order valence-corrected chi connectivity index (χ2v) is 13.0. The molecule has 12 atom stereocenters. The molecule has 4 rings (SSSR count). The Hall–Kier alpha value is -0.160. The maximum Gasteiger partial charge on any atom is 0.0579 e. The standard InChI is InChI=1S/C27H48O4/c1-15(2)22(29)7-6-16(3)20-14-24(31)25-18-13-23(30)21-12-17(28)8-10-26(21,4)19(18)9-11-27(20,25)5/h15-25,28-31H,6-14H2,1-5H3/t16-,17+,18-,19+,20-,21-,22+,23-,24+,25-,26-,27-/m1/s1. The monoisotopic (exact) mass is 436 g/mol. The van der Waals surface area contributed by atoms with Crippen molar-refractivity contribution in [1.82, 2.24) is 0 Å². The Labute approximate surface area is 189 Å². The average molecular weight is 437 g/mol. The van der Waals surface area contributed by atoms with Crippen molar-refractivity contribution >= 4 is 0 Å². The van der Waals surface area contributed by atoms with E-state index in [9.17, 15) is 20.4 Å². The van der Waals surface area contributed by atoms with Crippen LogP contribution in [0.1, 0.15) is 92.4 Å². The van der Waals surface area contributed by atoms with Crippen LogP contribution in [0.25, 0.3) is 0 Å². The first-order valence-corrected chi connectivity index (χ1v) is 13.2. The molecular weight excluding hydrogens is 388 g/mol. The molecule has 0 amide bonds. The number of aliphatic hydroxyl groups excluding tert-OH is 4. The van der Waals surface area contributed by atoms with Gasteiger partial charge in [0.2, 0.25) is 0 Å². The summed E-state index contributed by atoms with van der Waals surface area (Å²) in [5.41, 5.74) is 0.216. The molecule has 0 saturated heterocycles. The lowest BCUT2D eigenvalue weighted by molar-refractivity contribution is -0.181. The summed E-state index contributed by atoms with van der Waals surface area (Å²) in [6.07, 6.45) is 7.36. The van der Waals surface area contributed by atoms with Gasteiger partial charge >= 0.3 is 0 Å². The number of rotatable bonds is 5. The zero-order chi connectivity index (χ0) is 22.7. The van der Waals surface area contributed by atoms with Crippen molar-refractivity contribution in [2.24, 2.45) is 52.3 Å². The molecule has 0 bridgehead atoms. The van der Waals surface area contributed by atoms with Crippen molar-refractivity contribution < 1.29 is 20.4 Å². The van der Waals surface area contributed by atoms with E-state index >= 15 is 0 Å². The summed E-state index contributed by atoms with van der Waals surface area (Å²) in [6.45, 7) is 11.3.